The number of esters is 1. The summed E-state index contributed by atoms with van der Waals surface area (Å²) in [7, 11) is -6.56. The van der Waals surface area contributed by atoms with Crippen LogP contribution in [-0.2, 0) is 20.0 Å². The van der Waals surface area contributed by atoms with Crippen LogP contribution in [0.25, 0.3) is 0 Å². The average Bonchev–Trinajstić information content (AvgIpc) is 3.06. The highest BCUT2D eigenvalue weighted by Crippen LogP contribution is 2.30. The number of carbonyl (C=O) groups is 2. The van der Waals surface area contributed by atoms with E-state index in [0.29, 0.717) is 5.56 Å². The second-order valence-corrected chi connectivity index (χ2v) is 14.3. The van der Waals surface area contributed by atoms with E-state index in [1.165, 1.54) is 84.4 Å². The number of anilines is 1. The van der Waals surface area contributed by atoms with E-state index in [-0.39, 0.29) is 61.2 Å². The zero-order valence-electron chi connectivity index (χ0n) is 25.8. The Kier molecular flexibility index (Phi) is 11.8. The van der Waals surface area contributed by atoms with Crippen molar-refractivity contribution < 1.29 is 35.9 Å². The molecule has 0 spiro atoms. The second kappa shape index (κ2) is 15.6. The summed E-state index contributed by atoms with van der Waals surface area (Å²) in [6, 6.07) is 19.9. The van der Waals surface area contributed by atoms with Gasteiger partial charge in [0.1, 0.15) is 0 Å². The molecule has 48 heavy (non-hydrogen) atoms. The molecular formula is C32H30Cl2N4O8S2. The molecule has 0 atom stereocenters. The molecule has 0 aromatic heterocycles. The van der Waals surface area contributed by atoms with E-state index in [0.717, 1.165) is 6.07 Å². The molecule has 12 nitrogen and oxygen atoms in total. The van der Waals surface area contributed by atoms with Gasteiger partial charge in [-0.1, -0.05) is 55.2 Å². The molecular weight excluding hydrogens is 703 g/mol. The fourth-order valence-corrected chi connectivity index (χ4v) is 7.36. The van der Waals surface area contributed by atoms with Gasteiger partial charge in [-0.15, -0.1) is 0 Å². The summed E-state index contributed by atoms with van der Waals surface area (Å²) in [4.78, 5) is 25.5. The molecule has 4 rings (SSSR count). The second-order valence-electron chi connectivity index (χ2n) is 9.84. The Morgan fingerprint density at radius 2 is 1.56 bits per heavy atom. The van der Waals surface area contributed by atoms with Gasteiger partial charge in [0.25, 0.3) is 15.9 Å². The van der Waals surface area contributed by atoms with Crippen LogP contribution in [0.2, 0.25) is 10.0 Å². The highest BCUT2D eigenvalue weighted by atomic mass is 35.5. The first-order valence-corrected chi connectivity index (χ1v) is 17.9. The number of carbonyl (C=O) groups excluding carboxylic acids is 2. The van der Waals surface area contributed by atoms with Crippen molar-refractivity contribution in [1.82, 2.24) is 9.73 Å². The van der Waals surface area contributed by atoms with Crippen molar-refractivity contribution in [2.24, 2.45) is 5.10 Å². The lowest BCUT2D eigenvalue weighted by Gasteiger charge is -2.19. The van der Waals surface area contributed by atoms with Crippen LogP contribution in [0.15, 0.2) is 99.8 Å². The van der Waals surface area contributed by atoms with Crippen LogP contribution in [-0.4, -0.2) is 59.4 Å². The first-order chi connectivity index (χ1) is 22.8. The maximum absolute atomic E-state index is 13.1. The Morgan fingerprint density at radius 1 is 0.833 bits per heavy atom. The van der Waals surface area contributed by atoms with Crippen LogP contribution in [0.5, 0.6) is 11.5 Å². The number of hydrazone groups is 1. The molecule has 252 valence electrons. The SMILES string of the molecule is CCN(CC)S(=O)(=O)c1ccc(Cl)c(C(=O)Oc2ccc(/C=N/NC(=O)c3cccc(S(=O)(=O)Nc4ccccc4Cl)c3)cc2OC)c1. The number of halogens is 2. The Labute approximate surface area is 288 Å². The van der Waals surface area contributed by atoms with Crippen molar-refractivity contribution in [3.63, 3.8) is 0 Å². The summed E-state index contributed by atoms with van der Waals surface area (Å²) in [5.74, 6) is -1.44. The highest BCUT2D eigenvalue weighted by molar-refractivity contribution is 7.92. The van der Waals surface area contributed by atoms with Crippen molar-refractivity contribution in [2.75, 3.05) is 24.9 Å². The molecule has 4 aromatic rings. The molecule has 0 saturated carbocycles. The van der Waals surface area contributed by atoms with E-state index >= 15 is 0 Å². The predicted molar refractivity (Wildman–Crippen MR) is 183 cm³/mol. The van der Waals surface area contributed by atoms with Crippen LogP contribution in [0.1, 0.15) is 40.1 Å². The van der Waals surface area contributed by atoms with E-state index in [4.69, 9.17) is 32.7 Å². The lowest BCUT2D eigenvalue weighted by atomic mass is 10.2. The van der Waals surface area contributed by atoms with Gasteiger partial charge < -0.3 is 9.47 Å². The third-order valence-electron chi connectivity index (χ3n) is 6.80. The Balaban J connectivity index is 1.45. The predicted octanol–water partition coefficient (Wildman–Crippen LogP) is 5.82. The van der Waals surface area contributed by atoms with E-state index in [2.05, 4.69) is 15.2 Å². The summed E-state index contributed by atoms with van der Waals surface area (Å²) in [6.07, 6.45) is 1.30. The third-order valence-corrected chi connectivity index (χ3v) is 10.9. The lowest BCUT2D eigenvalue weighted by Crippen LogP contribution is -2.30. The Bertz CT molecular complexity index is 2090. The molecule has 16 heteroatoms. The maximum Gasteiger partial charge on any atom is 0.345 e. The van der Waals surface area contributed by atoms with Gasteiger partial charge in [0, 0.05) is 18.7 Å². The third kappa shape index (κ3) is 8.51. The number of benzene rings is 4. The van der Waals surface area contributed by atoms with Crippen molar-refractivity contribution in [1.29, 1.82) is 0 Å². The van der Waals surface area contributed by atoms with Gasteiger partial charge in [0.05, 0.1) is 44.4 Å². The molecule has 0 unspecified atom stereocenters. The summed E-state index contributed by atoms with van der Waals surface area (Å²) >= 11 is 12.3. The number of hydrogen-bond donors (Lipinski definition) is 2. The standard InChI is InChI=1S/C32H30Cl2N4O8S2/c1-4-38(5-2)48(43,44)24-14-15-26(33)25(19-24)32(40)46-29-16-13-21(17-30(29)45-3)20-35-36-31(39)22-9-8-10-23(18-22)47(41,42)37-28-12-7-6-11-27(28)34/h6-20,37H,4-5H2,1-3H3,(H,36,39)/b35-20+. The van der Waals surface area contributed by atoms with Crippen LogP contribution in [0.3, 0.4) is 0 Å². The van der Waals surface area contributed by atoms with E-state index in [1.54, 1.807) is 26.0 Å². The van der Waals surface area contributed by atoms with E-state index in [9.17, 15) is 26.4 Å². The zero-order chi connectivity index (χ0) is 35.1. The topological polar surface area (TPSA) is 161 Å². The van der Waals surface area contributed by atoms with Crippen molar-refractivity contribution in [2.45, 2.75) is 23.6 Å². The van der Waals surface area contributed by atoms with Crippen LogP contribution in [0, 0.1) is 0 Å². The summed E-state index contributed by atoms with van der Waals surface area (Å²) < 4.78 is 66.1. The Morgan fingerprint density at radius 3 is 2.25 bits per heavy atom. The normalized spacial score (nSPS) is 11.8. The monoisotopic (exact) mass is 732 g/mol. The van der Waals surface area contributed by atoms with Gasteiger partial charge >= 0.3 is 5.97 Å². The number of nitrogens with zero attached hydrogens (tertiary/aromatic N) is 2. The van der Waals surface area contributed by atoms with Crippen molar-refractivity contribution in [3.05, 3.63) is 112 Å². The van der Waals surface area contributed by atoms with Crippen molar-refractivity contribution in [3.8, 4) is 11.5 Å². The molecule has 0 heterocycles. The quantitative estimate of drug-likeness (QED) is 0.0753. The lowest BCUT2D eigenvalue weighted by molar-refractivity contribution is 0.0729. The number of amides is 1. The molecule has 0 bridgehead atoms. The molecule has 0 aliphatic heterocycles. The van der Waals surface area contributed by atoms with Crippen LogP contribution in [0.4, 0.5) is 5.69 Å². The number of hydrogen-bond acceptors (Lipinski definition) is 9. The van der Waals surface area contributed by atoms with Gasteiger partial charge in [-0.25, -0.2) is 27.1 Å². The average molecular weight is 734 g/mol. The minimum atomic E-state index is -4.05. The first kappa shape index (κ1) is 36.4. The number of sulfonamides is 2. The Hall–Kier alpha value is -4.47. The minimum Gasteiger partial charge on any atom is -0.493 e. The maximum atomic E-state index is 13.1. The molecule has 1 amide bonds. The molecule has 2 N–H and O–H groups in total. The molecule has 0 aliphatic carbocycles. The van der Waals surface area contributed by atoms with Gasteiger partial charge in [-0.2, -0.15) is 9.41 Å². The number of ether oxygens (including phenoxy) is 2. The fourth-order valence-electron chi connectivity index (χ4n) is 4.32. The van der Waals surface area contributed by atoms with Gasteiger partial charge in [-0.05, 0) is 72.3 Å². The molecule has 0 fully saturated rings. The van der Waals surface area contributed by atoms with Gasteiger partial charge in [-0.3, -0.25) is 9.52 Å². The van der Waals surface area contributed by atoms with E-state index in [1.807, 2.05) is 0 Å². The number of para-hydroxylation sites is 1. The zero-order valence-corrected chi connectivity index (χ0v) is 29.0. The largest absolute Gasteiger partial charge is 0.493 e. The van der Waals surface area contributed by atoms with Gasteiger partial charge in [0.15, 0.2) is 11.5 Å². The number of nitrogens with one attached hydrogen (secondary N) is 2. The number of methoxy groups -OCH3 is 1. The molecule has 0 aliphatic rings. The first-order valence-electron chi connectivity index (χ1n) is 14.2. The van der Waals surface area contributed by atoms with E-state index < -0.39 is 31.9 Å². The molecule has 4 aromatic carbocycles. The minimum absolute atomic E-state index is 0.00282. The molecule has 0 saturated heterocycles. The highest BCUT2D eigenvalue weighted by Gasteiger charge is 2.25. The summed E-state index contributed by atoms with van der Waals surface area (Å²) in [6.45, 7) is 3.91. The van der Waals surface area contributed by atoms with Crippen LogP contribution < -0.4 is 19.6 Å². The van der Waals surface area contributed by atoms with Crippen molar-refractivity contribution >= 4 is 67.0 Å². The smallest absolute Gasteiger partial charge is 0.345 e. The fraction of sp³-hybridized carbons (Fsp3) is 0.156. The van der Waals surface area contributed by atoms with Gasteiger partial charge in [0.2, 0.25) is 10.0 Å². The summed E-state index contributed by atoms with van der Waals surface area (Å²) in [5.41, 5.74) is 2.84. The van der Waals surface area contributed by atoms with Crippen LogP contribution >= 0.6 is 23.2 Å². The number of rotatable bonds is 13. The summed E-state index contributed by atoms with van der Waals surface area (Å²) in [5, 5.41) is 4.14. The molecule has 0 radical (unpaired) electrons.